The highest BCUT2D eigenvalue weighted by molar-refractivity contribution is 5.04. The lowest BCUT2D eigenvalue weighted by molar-refractivity contribution is 0.00345. The van der Waals surface area contributed by atoms with Crippen LogP contribution in [0.5, 0.6) is 0 Å². The van der Waals surface area contributed by atoms with Crippen molar-refractivity contribution in [3.05, 3.63) is 32.6 Å². The third-order valence-corrected chi connectivity index (χ3v) is 3.08. The molecule has 0 unspecified atom stereocenters. The van der Waals surface area contributed by atoms with Crippen LogP contribution in [0.2, 0.25) is 0 Å². The Balaban J connectivity index is 2.33. The van der Waals surface area contributed by atoms with Crippen LogP contribution in [0.25, 0.3) is 0 Å². The molecule has 2 atom stereocenters. The molecule has 0 bridgehead atoms. The number of nitrogens with one attached hydrogen (secondary N) is 1. The molecule has 6 nitrogen and oxygen atoms in total. The lowest BCUT2D eigenvalue weighted by Gasteiger charge is -2.15. The van der Waals surface area contributed by atoms with E-state index >= 15 is 0 Å². The molecule has 17 heavy (non-hydrogen) atoms. The second-order valence-corrected chi connectivity index (χ2v) is 4.20. The predicted molar refractivity (Wildman–Crippen MR) is 62.9 cm³/mol. The van der Waals surface area contributed by atoms with Gasteiger partial charge in [-0.05, 0) is 19.3 Å². The maximum atomic E-state index is 11.7. The molecule has 1 aromatic rings. The van der Waals surface area contributed by atoms with E-state index in [1.54, 1.807) is 6.20 Å². The molecule has 0 amide bonds. The minimum atomic E-state index is -0.421. The van der Waals surface area contributed by atoms with Crippen LogP contribution >= 0.6 is 0 Å². The van der Waals surface area contributed by atoms with Crippen LogP contribution in [-0.4, -0.2) is 22.2 Å². The first-order chi connectivity index (χ1) is 8.15. The van der Waals surface area contributed by atoms with E-state index in [0.29, 0.717) is 18.5 Å². The summed E-state index contributed by atoms with van der Waals surface area (Å²) in [6, 6.07) is 0. The van der Waals surface area contributed by atoms with Gasteiger partial charge >= 0.3 is 5.69 Å². The summed E-state index contributed by atoms with van der Waals surface area (Å²) >= 11 is 0. The van der Waals surface area contributed by atoms with E-state index in [9.17, 15) is 9.59 Å². The Labute approximate surface area is 98.4 Å². The fraction of sp³-hybridized carbons (Fsp3) is 0.636. The van der Waals surface area contributed by atoms with Gasteiger partial charge in [0.05, 0.1) is 6.10 Å². The summed E-state index contributed by atoms with van der Waals surface area (Å²) in [4.78, 5) is 25.4. The highest BCUT2D eigenvalue weighted by atomic mass is 16.5. The average molecular weight is 239 g/mol. The molecule has 1 fully saturated rings. The number of aromatic nitrogens is 2. The fourth-order valence-corrected chi connectivity index (χ4v) is 2.06. The zero-order valence-electron chi connectivity index (χ0n) is 9.81. The third kappa shape index (κ3) is 2.32. The molecule has 0 spiro atoms. The third-order valence-electron chi connectivity index (χ3n) is 3.08. The molecular formula is C11H17N3O3. The number of H-pyrrole nitrogens is 1. The molecule has 2 heterocycles. The van der Waals surface area contributed by atoms with Crippen molar-refractivity contribution in [1.29, 1.82) is 0 Å². The quantitative estimate of drug-likeness (QED) is 0.760. The number of ether oxygens (including phenoxy) is 1. The van der Waals surface area contributed by atoms with Crippen molar-refractivity contribution in [2.45, 2.75) is 38.5 Å². The van der Waals surface area contributed by atoms with Gasteiger partial charge in [0.15, 0.2) is 0 Å². The van der Waals surface area contributed by atoms with Crippen LogP contribution in [0.15, 0.2) is 15.8 Å². The maximum Gasteiger partial charge on any atom is 0.330 e. The monoisotopic (exact) mass is 239 g/mol. The molecule has 0 aromatic carbocycles. The summed E-state index contributed by atoms with van der Waals surface area (Å²) in [5, 5.41) is 0. The van der Waals surface area contributed by atoms with Gasteiger partial charge in [0.1, 0.15) is 6.23 Å². The molecule has 3 N–H and O–H groups in total. The first kappa shape index (κ1) is 12.1. The van der Waals surface area contributed by atoms with Gasteiger partial charge in [-0.1, -0.05) is 6.92 Å². The predicted octanol–water partition coefficient (Wildman–Crippen LogP) is -0.265. The van der Waals surface area contributed by atoms with E-state index < -0.39 is 5.69 Å². The number of rotatable bonds is 3. The van der Waals surface area contributed by atoms with Gasteiger partial charge in [-0.2, -0.15) is 0 Å². The van der Waals surface area contributed by atoms with E-state index in [4.69, 9.17) is 10.5 Å². The number of hydrogen-bond donors (Lipinski definition) is 2. The number of nitrogens with two attached hydrogens (primary N) is 1. The van der Waals surface area contributed by atoms with Crippen LogP contribution in [0.4, 0.5) is 0 Å². The van der Waals surface area contributed by atoms with Crippen molar-refractivity contribution in [3.8, 4) is 0 Å². The minimum absolute atomic E-state index is 0.00362. The maximum absolute atomic E-state index is 11.7. The topological polar surface area (TPSA) is 90.1 Å². The molecule has 0 radical (unpaired) electrons. The normalized spacial score (nSPS) is 24.1. The van der Waals surface area contributed by atoms with Gasteiger partial charge < -0.3 is 10.5 Å². The van der Waals surface area contributed by atoms with Crippen LogP contribution in [-0.2, 0) is 11.2 Å². The zero-order valence-corrected chi connectivity index (χ0v) is 9.81. The Morgan fingerprint density at radius 3 is 2.88 bits per heavy atom. The lowest BCUT2D eigenvalue weighted by atomic mass is 10.2. The highest BCUT2D eigenvalue weighted by Crippen LogP contribution is 2.26. The SMILES string of the molecule is CCc1cn([C@@H]2CC[C@H](CN)O2)c(=O)[nH]c1=O. The Morgan fingerprint density at radius 2 is 2.29 bits per heavy atom. The highest BCUT2D eigenvalue weighted by Gasteiger charge is 2.26. The summed E-state index contributed by atoms with van der Waals surface area (Å²) in [5.74, 6) is 0. The van der Waals surface area contributed by atoms with Gasteiger partial charge in [-0.15, -0.1) is 0 Å². The molecule has 94 valence electrons. The van der Waals surface area contributed by atoms with Crippen LogP contribution in [0, 0.1) is 0 Å². The lowest BCUT2D eigenvalue weighted by Crippen LogP contribution is -2.34. The molecule has 6 heteroatoms. The fourth-order valence-electron chi connectivity index (χ4n) is 2.06. The molecule has 0 saturated carbocycles. The summed E-state index contributed by atoms with van der Waals surface area (Å²) in [6.45, 7) is 2.33. The molecular weight excluding hydrogens is 222 g/mol. The summed E-state index contributed by atoms with van der Waals surface area (Å²) in [7, 11) is 0. The van der Waals surface area contributed by atoms with Gasteiger partial charge in [-0.25, -0.2) is 4.79 Å². The van der Waals surface area contributed by atoms with Crippen LogP contribution in [0.3, 0.4) is 0 Å². The second kappa shape index (κ2) is 4.85. The van der Waals surface area contributed by atoms with Gasteiger partial charge in [0.25, 0.3) is 5.56 Å². The Bertz CT molecular complexity index is 505. The van der Waals surface area contributed by atoms with Crippen molar-refractivity contribution >= 4 is 0 Å². The minimum Gasteiger partial charge on any atom is -0.353 e. The Hall–Kier alpha value is -1.40. The largest absolute Gasteiger partial charge is 0.353 e. The van der Waals surface area contributed by atoms with Crippen LogP contribution in [0.1, 0.15) is 31.6 Å². The molecule has 1 aromatic heterocycles. The summed E-state index contributed by atoms with van der Waals surface area (Å²) in [6.07, 6.45) is 3.46. The average Bonchev–Trinajstić information content (AvgIpc) is 2.78. The summed E-state index contributed by atoms with van der Waals surface area (Å²) < 4.78 is 7.09. The molecule has 1 aliphatic heterocycles. The summed E-state index contributed by atoms with van der Waals surface area (Å²) in [5.41, 5.74) is 5.37. The standard InChI is InChI=1S/C11H17N3O3/c1-2-7-6-14(11(16)13-10(7)15)9-4-3-8(5-12)17-9/h6,8-9H,2-5,12H2,1H3,(H,13,15,16)/t8-,9+/m1/s1. The van der Waals surface area contributed by atoms with E-state index in [0.717, 1.165) is 12.8 Å². The van der Waals surface area contributed by atoms with Crippen molar-refractivity contribution in [2.75, 3.05) is 6.54 Å². The van der Waals surface area contributed by atoms with E-state index in [-0.39, 0.29) is 17.9 Å². The van der Waals surface area contributed by atoms with Gasteiger partial charge in [0.2, 0.25) is 0 Å². The number of nitrogens with zero attached hydrogens (tertiary/aromatic N) is 1. The van der Waals surface area contributed by atoms with E-state index in [1.165, 1.54) is 4.57 Å². The molecule has 1 aliphatic rings. The first-order valence-electron chi connectivity index (χ1n) is 5.85. The molecule has 0 aliphatic carbocycles. The van der Waals surface area contributed by atoms with Gasteiger partial charge in [0, 0.05) is 18.3 Å². The van der Waals surface area contributed by atoms with Gasteiger partial charge in [-0.3, -0.25) is 14.3 Å². The smallest absolute Gasteiger partial charge is 0.330 e. The van der Waals surface area contributed by atoms with Crippen LogP contribution < -0.4 is 17.0 Å². The van der Waals surface area contributed by atoms with Crippen molar-refractivity contribution in [1.82, 2.24) is 9.55 Å². The van der Waals surface area contributed by atoms with Crippen molar-refractivity contribution in [3.63, 3.8) is 0 Å². The Kier molecular flexibility index (Phi) is 3.44. The van der Waals surface area contributed by atoms with Crippen molar-refractivity contribution in [2.24, 2.45) is 5.73 Å². The van der Waals surface area contributed by atoms with Crippen molar-refractivity contribution < 1.29 is 4.74 Å². The number of aryl methyl sites for hydroxylation is 1. The molecule has 2 rings (SSSR count). The van der Waals surface area contributed by atoms with E-state index in [1.807, 2.05) is 6.92 Å². The van der Waals surface area contributed by atoms with E-state index in [2.05, 4.69) is 4.98 Å². The zero-order chi connectivity index (χ0) is 12.4. The number of hydrogen-bond acceptors (Lipinski definition) is 4. The number of aromatic amines is 1. The molecule has 1 saturated heterocycles. The second-order valence-electron chi connectivity index (χ2n) is 4.20. The Morgan fingerprint density at radius 1 is 1.53 bits per heavy atom. The first-order valence-corrected chi connectivity index (χ1v) is 5.85.